The lowest BCUT2D eigenvalue weighted by atomic mass is 9.94. The number of amides is 2. The topological polar surface area (TPSA) is 111 Å². The van der Waals surface area contributed by atoms with Crippen LogP contribution in [0.25, 0.3) is 0 Å². The lowest BCUT2D eigenvalue weighted by Gasteiger charge is -2.29. The first-order valence-electron chi connectivity index (χ1n) is 15.0. The van der Waals surface area contributed by atoms with Crippen molar-refractivity contribution in [3.05, 3.63) is 63.3 Å². The predicted octanol–water partition coefficient (Wildman–Crippen LogP) is 6.57. The van der Waals surface area contributed by atoms with Crippen molar-refractivity contribution >= 4 is 51.1 Å². The third-order valence-corrected chi connectivity index (χ3v) is 9.21. The molecule has 0 spiro atoms. The molecule has 3 heterocycles. The molecule has 5 rings (SSSR count). The Morgan fingerprint density at radius 1 is 1.16 bits per heavy atom. The summed E-state index contributed by atoms with van der Waals surface area (Å²) in [6, 6.07) is 10.8. The number of hydrogen-bond donors (Lipinski definition) is 2. The number of carbonyl (C=O) groups is 2. The SMILES string of the molecule is CCCCSc1nc2n(n1)C(c1cc(Br)c(OCC(=O)N3CCCCC3)c(OC)c1)C(C(=O)Nc1cccc(C)c1)=C(C)N2. The van der Waals surface area contributed by atoms with Gasteiger partial charge in [-0.2, -0.15) is 4.98 Å². The van der Waals surface area contributed by atoms with Crippen molar-refractivity contribution in [1.29, 1.82) is 0 Å². The Bertz CT molecular complexity index is 1550. The van der Waals surface area contributed by atoms with E-state index in [-0.39, 0.29) is 18.4 Å². The number of rotatable bonds is 11. The summed E-state index contributed by atoms with van der Waals surface area (Å²) < 4.78 is 14.2. The summed E-state index contributed by atoms with van der Waals surface area (Å²) in [6.07, 6.45) is 5.31. The molecule has 2 N–H and O–H groups in total. The van der Waals surface area contributed by atoms with E-state index < -0.39 is 6.04 Å². The number of aryl methyl sites for hydroxylation is 1. The van der Waals surface area contributed by atoms with Gasteiger partial charge in [-0.25, -0.2) is 4.68 Å². The van der Waals surface area contributed by atoms with Crippen molar-refractivity contribution < 1.29 is 19.1 Å². The van der Waals surface area contributed by atoms with Gasteiger partial charge in [-0.1, -0.05) is 37.2 Å². The van der Waals surface area contributed by atoms with Crippen molar-refractivity contribution in [3.63, 3.8) is 0 Å². The highest BCUT2D eigenvalue weighted by Crippen LogP contribution is 2.43. The Morgan fingerprint density at radius 3 is 2.68 bits per heavy atom. The number of hydrogen-bond acceptors (Lipinski definition) is 8. The Balaban J connectivity index is 1.50. The summed E-state index contributed by atoms with van der Waals surface area (Å²) in [5.74, 6) is 2.02. The number of allylic oxidation sites excluding steroid dienone is 1. The highest BCUT2D eigenvalue weighted by Gasteiger charge is 2.35. The fourth-order valence-electron chi connectivity index (χ4n) is 5.43. The summed E-state index contributed by atoms with van der Waals surface area (Å²) in [5, 5.41) is 11.9. The summed E-state index contributed by atoms with van der Waals surface area (Å²) >= 11 is 5.25. The van der Waals surface area contributed by atoms with E-state index in [0.29, 0.717) is 44.0 Å². The molecular weight excluding hydrogens is 644 g/mol. The van der Waals surface area contributed by atoms with E-state index >= 15 is 0 Å². The zero-order valence-electron chi connectivity index (χ0n) is 25.6. The van der Waals surface area contributed by atoms with Gasteiger partial charge in [0.05, 0.1) is 17.2 Å². The highest BCUT2D eigenvalue weighted by molar-refractivity contribution is 9.10. The second kappa shape index (κ2) is 14.5. The number of fused-ring (bicyclic) bond motifs is 1. The Hall–Kier alpha value is -3.51. The quantitative estimate of drug-likeness (QED) is 0.173. The molecule has 44 heavy (non-hydrogen) atoms. The molecule has 10 nitrogen and oxygen atoms in total. The van der Waals surface area contributed by atoms with Gasteiger partial charge in [-0.3, -0.25) is 9.59 Å². The first-order valence-corrected chi connectivity index (χ1v) is 16.8. The maximum Gasteiger partial charge on any atom is 0.260 e. The van der Waals surface area contributed by atoms with E-state index in [0.717, 1.165) is 62.1 Å². The maximum absolute atomic E-state index is 13.9. The zero-order chi connectivity index (χ0) is 31.2. The monoisotopic (exact) mass is 682 g/mol. The molecule has 1 atom stereocenters. The largest absolute Gasteiger partial charge is 0.493 e. The molecule has 2 aromatic carbocycles. The van der Waals surface area contributed by atoms with Gasteiger partial charge in [-0.05, 0) is 90.9 Å². The van der Waals surface area contributed by atoms with Crippen LogP contribution in [0.15, 0.2) is 57.3 Å². The number of halogens is 1. The van der Waals surface area contributed by atoms with Crippen molar-refractivity contribution in [1.82, 2.24) is 19.7 Å². The van der Waals surface area contributed by atoms with Crippen LogP contribution in [0, 0.1) is 6.92 Å². The van der Waals surface area contributed by atoms with Gasteiger partial charge in [0.2, 0.25) is 11.1 Å². The van der Waals surface area contributed by atoms with E-state index in [9.17, 15) is 9.59 Å². The molecule has 2 aliphatic rings. The van der Waals surface area contributed by atoms with Crippen molar-refractivity contribution in [2.24, 2.45) is 0 Å². The molecule has 0 radical (unpaired) electrons. The van der Waals surface area contributed by atoms with Gasteiger partial charge in [0.15, 0.2) is 18.1 Å². The maximum atomic E-state index is 13.9. The molecular formula is C32H39BrN6O4S. The summed E-state index contributed by atoms with van der Waals surface area (Å²) in [5.41, 5.74) is 3.66. The molecule has 1 fully saturated rings. The number of benzene rings is 2. The van der Waals surface area contributed by atoms with Gasteiger partial charge in [-0.15, -0.1) is 5.10 Å². The first-order chi connectivity index (χ1) is 21.3. The van der Waals surface area contributed by atoms with E-state index in [4.69, 9.17) is 19.6 Å². The van der Waals surface area contributed by atoms with E-state index in [1.54, 1.807) is 23.6 Å². The molecule has 0 saturated carbocycles. The summed E-state index contributed by atoms with van der Waals surface area (Å²) in [6.45, 7) is 7.43. The van der Waals surface area contributed by atoms with Gasteiger partial charge in [0.1, 0.15) is 6.04 Å². The number of ether oxygens (including phenoxy) is 2. The zero-order valence-corrected chi connectivity index (χ0v) is 28.0. The molecule has 1 unspecified atom stereocenters. The molecule has 2 aliphatic heterocycles. The number of nitrogens with one attached hydrogen (secondary N) is 2. The first kappa shape index (κ1) is 31.9. The number of carbonyl (C=O) groups excluding carboxylic acids is 2. The highest BCUT2D eigenvalue weighted by atomic mass is 79.9. The number of unbranched alkanes of at least 4 members (excludes halogenated alkanes) is 1. The van der Waals surface area contributed by atoms with Crippen LogP contribution in [-0.4, -0.2) is 64.0 Å². The van der Waals surface area contributed by atoms with Crippen molar-refractivity contribution in [3.8, 4) is 11.5 Å². The van der Waals surface area contributed by atoms with Crippen molar-refractivity contribution in [2.45, 2.75) is 64.1 Å². The average Bonchev–Trinajstić information content (AvgIpc) is 3.41. The minimum Gasteiger partial charge on any atom is -0.493 e. The van der Waals surface area contributed by atoms with E-state index in [2.05, 4.69) is 33.5 Å². The number of piperidine rings is 1. The Morgan fingerprint density at radius 2 is 1.95 bits per heavy atom. The van der Waals surface area contributed by atoms with Crippen LogP contribution in [-0.2, 0) is 9.59 Å². The fraction of sp³-hybridized carbons (Fsp3) is 0.438. The standard InChI is InChI=1S/C32H39BrN6O4S/c1-5-6-15-44-32-36-31-34-21(3)27(30(41)35-23-12-10-11-20(2)16-23)28(39(31)37-32)22-17-24(33)29(25(18-22)42-4)43-19-26(40)38-13-8-7-9-14-38/h10-12,16-18,28H,5-9,13-15,19H2,1-4H3,(H,35,41)(H,34,36,37). The van der Waals surface area contributed by atoms with Crippen molar-refractivity contribution in [2.75, 3.05) is 43.2 Å². The number of anilines is 2. The lowest BCUT2D eigenvalue weighted by Crippen LogP contribution is -2.38. The molecule has 0 bridgehead atoms. The molecule has 2 amide bonds. The third kappa shape index (κ3) is 7.23. The van der Waals surface area contributed by atoms with Gasteiger partial charge in [0, 0.05) is 30.2 Å². The molecule has 3 aromatic rings. The van der Waals surface area contributed by atoms with Crippen LogP contribution >= 0.6 is 27.7 Å². The molecule has 234 valence electrons. The smallest absolute Gasteiger partial charge is 0.260 e. The van der Waals surface area contributed by atoms with E-state index in [1.807, 2.05) is 55.1 Å². The second-order valence-corrected chi connectivity index (χ2v) is 12.9. The normalized spacial score (nSPS) is 16.3. The number of methoxy groups -OCH3 is 1. The Kier molecular flexibility index (Phi) is 10.5. The lowest BCUT2D eigenvalue weighted by molar-refractivity contribution is -0.134. The predicted molar refractivity (Wildman–Crippen MR) is 177 cm³/mol. The summed E-state index contributed by atoms with van der Waals surface area (Å²) in [7, 11) is 1.56. The number of thioether (sulfide) groups is 1. The fourth-order valence-corrected chi connectivity index (χ4v) is 6.92. The van der Waals surface area contributed by atoms with Crippen LogP contribution in [0.1, 0.15) is 63.1 Å². The second-order valence-electron chi connectivity index (χ2n) is 11.0. The van der Waals surface area contributed by atoms with Crippen LogP contribution in [0.2, 0.25) is 0 Å². The van der Waals surface area contributed by atoms with Crippen LogP contribution in [0.5, 0.6) is 11.5 Å². The number of likely N-dealkylation sites (tertiary alicyclic amines) is 1. The summed E-state index contributed by atoms with van der Waals surface area (Å²) in [4.78, 5) is 33.4. The van der Waals surface area contributed by atoms with E-state index in [1.165, 1.54) is 0 Å². The van der Waals surface area contributed by atoms with Gasteiger partial charge < -0.3 is 25.0 Å². The number of nitrogens with zero attached hydrogens (tertiary/aromatic N) is 4. The van der Waals surface area contributed by atoms with Crippen LogP contribution in [0.3, 0.4) is 0 Å². The molecule has 12 heteroatoms. The average molecular weight is 684 g/mol. The van der Waals surface area contributed by atoms with Crippen LogP contribution in [0.4, 0.5) is 11.6 Å². The number of aromatic nitrogens is 3. The minimum absolute atomic E-state index is 0.0462. The minimum atomic E-state index is -0.613. The Labute approximate surface area is 271 Å². The third-order valence-electron chi connectivity index (χ3n) is 7.70. The molecule has 1 saturated heterocycles. The van der Waals surface area contributed by atoms with Crippen LogP contribution < -0.4 is 20.1 Å². The molecule has 0 aliphatic carbocycles. The van der Waals surface area contributed by atoms with Gasteiger partial charge >= 0.3 is 0 Å². The molecule has 1 aromatic heterocycles. The van der Waals surface area contributed by atoms with Gasteiger partial charge in [0.25, 0.3) is 11.8 Å².